The molecule has 1 aromatic heterocycles. The maximum Gasteiger partial charge on any atom is 0.297 e. The van der Waals surface area contributed by atoms with Crippen LogP contribution in [0.5, 0.6) is 11.5 Å². The van der Waals surface area contributed by atoms with Crippen LogP contribution < -0.4 is 15.0 Å². The Labute approximate surface area is 170 Å². The van der Waals surface area contributed by atoms with Crippen molar-refractivity contribution in [2.24, 2.45) is 0 Å². The molecule has 7 heteroatoms. The summed E-state index contributed by atoms with van der Waals surface area (Å²) < 4.78 is 12.7. The van der Waals surface area contributed by atoms with E-state index in [1.54, 1.807) is 13.0 Å². The van der Waals surface area contributed by atoms with E-state index in [-0.39, 0.29) is 23.6 Å². The second-order valence-corrected chi connectivity index (χ2v) is 7.05. The highest BCUT2D eigenvalue weighted by atomic mass is 16.6. The van der Waals surface area contributed by atoms with Crippen molar-refractivity contribution in [3.05, 3.63) is 62.0 Å². The molecule has 0 radical (unpaired) electrons. The third-order valence-corrected chi connectivity index (χ3v) is 4.64. The number of aryl methyl sites for hydroxylation is 1. The first kappa shape index (κ1) is 22.2. The van der Waals surface area contributed by atoms with E-state index in [0.29, 0.717) is 23.2 Å². The molecule has 2 rings (SSSR count). The SMILES string of the molecule is CCn1c(=O)c(OC)c(OC/C=C(\C)CCC=C(C)C)c2ccc([N+](=O)[O-])cc21. The van der Waals surface area contributed by atoms with Crippen molar-refractivity contribution in [2.45, 2.75) is 47.1 Å². The maximum atomic E-state index is 12.8. The molecule has 0 aliphatic rings. The van der Waals surface area contributed by atoms with E-state index in [4.69, 9.17) is 9.47 Å². The Balaban J connectivity index is 2.43. The molecule has 7 nitrogen and oxygen atoms in total. The second-order valence-electron chi connectivity index (χ2n) is 7.05. The molecule has 1 aromatic carbocycles. The van der Waals surface area contributed by atoms with E-state index in [1.165, 1.54) is 35.0 Å². The van der Waals surface area contributed by atoms with E-state index in [9.17, 15) is 14.9 Å². The minimum atomic E-state index is -0.479. The number of hydrogen-bond acceptors (Lipinski definition) is 5. The van der Waals surface area contributed by atoms with Crippen molar-refractivity contribution in [1.29, 1.82) is 0 Å². The fourth-order valence-corrected chi connectivity index (χ4v) is 3.10. The van der Waals surface area contributed by atoms with Crippen molar-refractivity contribution in [3.63, 3.8) is 0 Å². The zero-order valence-corrected chi connectivity index (χ0v) is 17.7. The third-order valence-electron chi connectivity index (χ3n) is 4.64. The summed E-state index contributed by atoms with van der Waals surface area (Å²) in [5.74, 6) is 0.407. The van der Waals surface area contributed by atoms with Gasteiger partial charge in [0.15, 0.2) is 5.75 Å². The highest BCUT2D eigenvalue weighted by Crippen LogP contribution is 2.34. The number of aromatic nitrogens is 1. The summed E-state index contributed by atoms with van der Waals surface area (Å²) in [6.07, 6.45) is 6.05. The summed E-state index contributed by atoms with van der Waals surface area (Å²) in [7, 11) is 1.42. The molecule has 0 spiro atoms. The third kappa shape index (κ3) is 5.25. The normalized spacial score (nSPS) is 11.4. The predicted molar refractivity (Wildman–Crippen MR) is 115 cm³/mol. The lowest BCUT2D eigenvalue weighted by Gasteiger charge is -2.16. The van der Waals surface area contributed by atoms with Crippen LogP contribution in [-0.2, 0) is 6.54 Å². The number of nitro benzene ring substituents is 1. The first-order chi connectivity index (χ1) is 13.8. The minimum absolute atomic E-state index is 0.0785. The summed E-state index contributed by atoms with van der Waals surface area (Å²) in [4.78, 5) is 23.5. The number of nitrogens with zero attached hydrogens (tertiary/aromatic N) is 2. The minimum Gasteiger partial charge on any atom is -0.488 e. The number of rotatable bonds is 9. The maximum absolute atomic E-state index is 12.8. The molecule has 0 aliphatic carbocycles. The quantitative estimate of drug-likeness (QED) is 0.336. The van der Waals surface area contributed by atoms with Gasteiger partial charge >= 0.3 is 0 Å². The van der Waals surface area contributed by atoms with Crippen LogP contribution in [0.3, 0.4) is 0 Å². The number of allylic oxidation sites excluding steroid dienone is 3. The lowest BCUT2D eigenvalue weighted by molar-refractivity contribution is -0.384. The van der Waals surface area contributed by atoms with Crippen LogP contribution in [-0.4, -0.2) is 23.2 Å². The molecule has 0 N–H and O–H groups in total. The highest BCUT2D eigenvalue weighted by molar-refractivity contribution is 5.89. The van der Waals surface area contributed by atoms with E-state index < -0.39 is 4.92 Å². The smallest absolute Gasteiger partial charge is 0.297 e. The summed E-state index contributed by atoms with van der Waals surface area (Å²) >= 11 is 0. The zero-order chi connectivity index (χ0) is 21.6. The van der Waals surface area contributed by atoms with Gasteiger partial charge in [-0.05, 0) is 52.7 Å². The van der Waals surface area contributed by atoms with Crippen LogP contribution in [0.15, 0.2) is 46.3 Å². The summed E-state index contributed by atoms with van der Waals surface area (Å²) in [6.45, 7) is 8.62. The molecule has 2 aromatic rings. The Morgan fingerprint density at radius 2 is 1.93 bits per heavy atom. The Hall–Kier alpha value is -3.09. The van der Waals surface area contributed by atoms with Crippen molar-refractivity contribution in [1.82, 2.24) is 4.57 Å². The van der Waals surface area contributed by atoms with Gasteiger partial charge in [-0.15, -0.1) is 0 Å². The van der Waals surface area contributed by atoms with Gasteiger partial charge < -0.3 is 14.0 Å². The molecule has 0 amide bonds. The van der Waals surface area contributed by atoms with Gasteiger partial charge in [-0.1, -0.05) is 17.2 Å². The predicted octanol–water partition coefficient (Wildman–Crippen LogP) is 5.01. The largest absolute Gasteiger partial charge is 0.488 e. The Morgan fingerprint density at radius 3 is 2.52 bits per heavy atom. The number of ether oxygens (including phenoxy) is 2. The van der Waals surface area contributed by atoms with Gasteiger partial charge in [-0.25, -0.2) is 0 Å². The van der Waals surface area contributed by atoms with Crippen LogP contribution in [0.4, 0.5) is 5.69 Å². The molecule has 0 fully saturated rings. The van der Waals surface area contributed by atoms with E-state index >= 15 is 0 Å². The lowest BCUT2D eigenvalue weighted by atomic mass is 10.1. The van der Waals surface area contributed by atoms with Crippen LogP contribution in [0.2, 0.25) is 0 Å². The van der Waals surface area contributed by atoms with Gasteiger partial charge in [-0.2, -0.15) is 0 Å². The van der Waals surface area contributed by atoms with Gasteiger partial charge in [0.1, 0.15) is 6.61 Å². The van der Waals surface area contributed by atoms with Gasteiger partial charge in [0.25, 0.3) is 11.2 Å². The van der Waals surface area contributed by atoms with E-state index in [1.807, 2.05) is 13.0 Å². The van der Waals surface area contributed by atoms with E-state index in [0.717, 1.165) is 12.8 Å². The molecule has 0 saturated heterocycles. The van der Waals surface area contributed by atoms with Crippen molar-refractivity contribution in [2.75, 3.05) is 13.7 Å². The van der Waals surface area contributed by atoms with Gasteiger partial charge in [0, 0.05) is 24.1 Å². The topological polar surface area (TPSA) is 83.6 Å². The fraction of sp³-hybridized carbons (Fsp3) is 0.409. The van der Waals surface area contributed by atoms with E-state index in [2.05, 4.69) is 19.9 Å². The molecule has 1 heterocycles. The Bertz CT molecular complexity index is 1010. The number of fused-ring (bicyclic) bond motifs is 1. The van der Waals surface area contributed by atoms with Crippen molar-refractivity contribution < 1.29 is 14.4 Å². The molecular formula is C22H28N2O5. The first-order valence-corrected chi connectivity index (χ1v) is 9.60. The van der Waals surface area contributed by atoms with Crippen molar-refractivity contribution in [3.8, 4) is 11.5 Å². The molecule has 0 bridgehead atoms. The van der Waals surface area contributed by atoms with Crippen LogP contribution in [0.1, 0.15) is 40.5 Å². The number of pyridine rings is 1. The molecule has 0 saturated carbocycles. The standard InChI is InChI=1S/C22H28N2O5/c1-6-23-19-14-17(24(26)27)10-11-18(19)20(21(28-5)22(23)25)29-13-12-16(4)9-7-8-15(2)3/h8,10-12,14H,6-7,9,13H2,1-5H3/b16-12+. The van der Waals surface area contributed by atoms with Crippen molar-refractivity contribution >= 4 is 16.6 Å². The highest BCUT2D eigenvalue weighted by Gasteiger charge is 2.20. The average molecular weight is 400 g/mol. The van der Waals surface area contributed by atoms with Gasteiger partial charge in [0.05, 0.1) is 17.5 Å². The fourth-order valence-electron chi connectivity index (χ4n) is 3.10. The molecular weight excluding hydrogens is 372 g/mol. The lowest BCUT2D eigenvalue weighted by Crippen LogP contribution is -2.22. The molecule has 29 heavy (non-hydrogen) atoms. The number of methoxy groups -OCH3 is 1. The molecule has 0 atom stereocenters. The number of non-ortho nitro benzene ring substituents is 1. The average Bonchev–Trinajstić information content (AvgIpc) is 2.67. The Morgan fingerprint density at radius 1 is 1.21 bits per heavy atom. The summed E-state index contributed by atoms with van der Waals surface area (Å²) in [6, 6.07) is 4.40. The molecule has 0 aliphatic heterocycles. The van der Waals surface area contributed by atoms with Gasteiger partial charge in [-0.3, -0.25) is 14.9 Å². The second kappa shape index (κ2) is 9.91. The molecule has 156 valence electrons. The monoisotopic (exact) mass is 400 g/mol. The van der Waals surface area contributed by atoms with Gasteiger partial charge in [0.2, 0.25) is 5.75 Å². The first-order valence-electron chi connectivity index (χ1n) is 9.60. The van der Waals surface area contributed by atoms with Crippen LogP contribution >= 0.6 is 0 Å². The number of nitro groups is 1. The summed E-state index contributed by atoms with van der Waals surface area (Å²) in [5, 5.41) is 11.8. The Kier molecular flexibility index (Phi) is 7.59. The van der Waals surface area contributed by atoms with Crippen LogP contribution in [0, 0.1) is 10.1 Å². The summed E-state index contributed by atoms with van der Waals surface area (Å²) in [5.41, 5.74) is 2.47. The zero-order valence-electron chi connectivity index (χ0n) is 17.7. The number of hydrogen-bond donors (Lipinski definition) is 0. The van der Waals surface area contributed by atoms with Crippen LogP contribution in [0.25, 0.3) is 10.9 Å². The molecule has 0 unspecified atom stereocenters. The number of benzene rings is 1.